The minimum Gasteiger partial charge on any atom is -0.460 e. The second kappa shape index (κ2) is 8.38. The number of hydrogen-bond acceptors (Lipinski definition) is 5. The Labute approximate surface area is 184 Å². The third kappa shape index (κ3) is 4.22. The molecular formula is C22H20F3N3O5. The van der Waals surface area contributed by atoms with Gasteiger partial charge >= 0.3 is 23.3 Å². The van der Waals surface area contributed by atoms with Crippen LogP contribution in [-0.2, 0) is 15.7 Å². The summed E-state index contributed by atoms with van der Waals surface area (Å²) in [5.74, 6) is -0.553. The van der Waals surface area contributed by atoms with Crippen molar-refractivity contribution in [3.63, 3.8) is 0 Å². The Hall–Kier alpha value is -3.63. The first kappa shape index (κ1) is 22.6. The topological polar surface area (TPSA) is 103 Å². The lowest BCUT2D eigenvalue weighted by Gasteiger charge is -2.33. The maximum Gasteiger partial charge on any atom is 0.418 e. The number of esters is 1. The van der Waals surface area contributed by atoms with Gasteiger partial charge in [0.05, 0.1) is 28.3 Å². The van der Waals surface area contributed by atoms with Crippen molar-refractivity contribution in [2.24, 2.45) is 0 Å². The SMILES string of the molecule is CC(=O)OC1CCCCC1n1c(=O)c(=O)[nH]c2cc(C(F)(F)F)c(-n3ccc(C=O)c3)cc21. The average molecular weight is 463 g/mol. The number of aromatic nitrogens is 3. The molecule has 2 heterocycles. The molecule has 0 saturated heterocycles. The molecule has 33 heavy (non-hydrogen) atoms. The van der Waals surface area contributed by atoms with E-state index in [1.54, 1.807) is 0 Å². The smallest absolute Gasteiger partial charge is 0.418 e. The number of hydrogen-bond donors (Lipinski definition) is 1. The van der Waals surface area contributed by atoms with Gasteiger partial charge in [0.15, 0.2) is 6.29 Å². The molecule has 0 spiro atoms. The number of alkyl halides is 3. The van der Waals surface area contributed by atoms with Crippen LogP contribution < -0.4 is 11.1 Å². The van der Waals surface area contributed by atoms with Crippen LogP contribution in [0.2, 0.25) is 0 Å². The lowest BCUT2D eigenvalue weighted by molar-refractivity contribution is -0.150. The molecule has 1 fully saturated rings. The van der Waals surface area contributed by atoms with Crippen molar-refractivity contribution in [2.75, 3.05) is 0 Å². The normalized spacial score (nSPS) is 18.9. The van der Waals surface area contributed by atoms with Gasteiger partial charge in [-0.25, -0.2) is 0 Å². The predicted molar refractivity (Wildman–Crippen MR) is 112 cm³/mol. The second-order valence-corrected chi connectivity index (χ2v) is 7.98. The van der Waals surface area contributed by atoms with Crippen molar-refractivity contribution in [3.8, 4) is 5.69 Å². The molecule has 3 aromatic rings. The first-order chi connectivity index (χ1) is 15.6. The van der Waals surface area contributed by atoms with Gasteiger partial charge in [0.1, 0.15) is 6.10 Å². The summed E-state index contributed by atoms with van der Waals surface area (Å²) < 4.78 is 49.3. The van der Waals surface area contributed by atoms with Gasteiger partial charge in [-0.1, -0.05) is 6.42 Å². The van der Waals surface area contributed by atoms with Crippen molar-refractivity contribution < 1.29 is 27.5 Å². The fourth-order valence-corrected chi connectivity index (χ4v) is 4.40. The lowest BCUT2D eigenvalue weighted by atomic mass is 9.91. The number of nitrogens with one attached hydrogen (secondary N) is 1. The third-order valence-corrected chi connectivity index (χ3v) is 5.79. The van der Waals surface area contributed by atoms with Gasteiger partial charge < -0.3 is 14.3 Å². The summed E-state index contributed by atoms with van der Waals surface area (Å²) in [6.45, 7) is 1.23. The van der Waals surface area contributed by atoms with Crippen molar-refractivity contribution in [3.05, 3.63) is 62.4 Å². The first-order valence-corrected chi connectivity index (χ1v) is 10.3. The fourth-order valence-electron chi connectivity index (χ4n) is 4.40. The summed E-state index contributed by atoms with van der Waals surface area (Å²) in [5.41, 5.74) is -3.33. The molecule has 2 unspecified atom stereocenters. The molecule has 0 radical (unpaired) electrons. The van der Waals surface area contributed by atoms with E-state index in [1.807, 2.05) is 0 Å². The zero-order valence-corrected chi connectivity index (χ0v) is 17.5. The van der Waals surface area contributed by atoms with Gasteiger partial charge in [0.25, 0.3) is 0 Å². The van der Waals surface area contributed by atoms with Crippen LogP contribution in [0.15, 0.2) is 40.2 Å². The number of H-pyrrole nitrogens is 1. The first-order valence-electron chi connectivity index (χ1n) is 10.3. The quantitative estimate of drug-likeness (QED) is 0.363. The van der Waals surface area contributed by atoms with Crippen LogP contribution >= 0.6 is 0 Å². The van der Waals surface area contributed by atoms with Crippen LogP contribution in [-0.4, -0.2) is 32.5 Å². The van der Waals surface area contributed by atoms with E-state index >= 15 is 0 Å². The lowest BCUT2D eigenvalue weighted by Crippen LogP contribution is -2.43. The number of aromatic amines is 1. The monoisotopic (exact) mass is 463 g/mol. The molecule has 1 aliphatic carbocycles. The summed E-state index contributed by atoms with van der Waals surface area (Å²) in [5, 5.41) is 0. The number of carbonyl (C=O) groups excluding carboxylic acids is 2. The van der Waals surface area contributed by atoms with E-state index in [4.69, 9.17) is 4.74 Å². The minimum atomic E-state index is -4.78. The highest BCUT2D eigenvalue weighted by molar-refractivity contribution is 5.80. The molecule has 2 atom stereocenters. The molecule has 8 nitrogen and oxygen atoms in total. The maximum absolute atomic E-state index is 13.9. The summed E-state index contributed by atoms with van der Waals surface area (Å²) in [6, 6.07) is 2.57. The van der Waals surface area contributed by atoms with E-state index in [-0.39, 0.29) is 22.3 Å². The van der Waals surface area contributed by atoms with Gasteiger partial charge in [-0.05, 0) is 37.5 Å². The van der Waals surface area contributed by atoms with Crippen LogP contribution in [0.25, 0.3) is 16.7 Å². The number of aldehydes is 1. The summed E-state index contributed by atoms with van der Waals surface area (Å²) in [6.07, 6.45) is -0.136. The number of ether oxygens (including phenoxy) is 1. The standard InChI is InChI=1S/C22H20F3N3O5/c1-12(30)33-19-5-3-2-4-16(19)28-18-9-17(27-7-6-13(10-27)11-29)14(22(23,24)25)8-15(18)26-20(31)21(28)32/h6-11,16,19H,2-5H2,1H3,(H,26,31). The summed E-state index contributed by atoms with van der Waals surface area (Å²) in [4.78, 5) is 50.1. The molecule has 0 aliphatic heterocycles. The Morgan fingerprint density at radius 1 is 1.21 bits per heavy atom. The average Bonchev–Trinajstić information content (AvgIpc) is 3.23. The highest BCUT2D eigenvalue weighted by Gasteiger charge is 2.36. The van der Waals surface area contributed by atoms with E-state index in [1.165, 1.54) is 25.4 Å². The molecule has 174 valence electrons. The number of carbonyl (C=O) groups is 2. The van der Waals surface area contributed by atoms with Gasteiger partial charge in [-0.3, -0.25) is 23.7 Å². The van der Waals surface area contributed by atoms with Gasteiger partial charge in [0.2, 0.25) is 0 Å². The zero-order valence-electron chi connectivity index (χ0n) is 17.5. The number of fused-ring (bicyclic) bond motifs is 1. The van der Waals surface area contributed by atoms with Crippen LogP contribution in [0.1, 0.15) is 54.6 Å². The van der Waals surface area contributed by atoms with Gasteiger partial charge in [-0.15, -0.1) is 0 Å². The highest BCUT2D eigenvalue weighted by Crippen LogP contribution is 2.38. The Morgan fingerprint density at radius 3 is 2.58 bits per heavy atom. The van der Waals surface area contributed by atoms with E-state index in [9.17, 15) is 32.3 Å². The molecule has 2 aromatic heterocycles. The molecule has 1 aliphatic rings. The number of halogens is 3. The Bertz CT molecular complexity index is 1350. The number of benzene rings is 1. The van der Waals surface area contributed by atoms with Crippen LogP contribution in [0.4, 0.5) is 13.2 Å². The summed E-state index contributed by atoms with van der Waals surface area (Å²) in [7, 11) is 0. The zero-order chi connectivity index (χ0) is 23.9. The van der Waals surface area contributed by atoms with Crippen molar-refractivity contribution in [2.45, 2.75) is 50.9 Å². The van der Waals surface area contributed by atoms with Crippen molar-refractivity contribution in [1.82, 2.24) is 14.1 Å². The second-order valence-electron chi connectivity index (χ2n) is 7.98. The van der Waals surface area contributed by atoms with E-state index < -0.39 is 41.0 Å². The number of rotatable bonds is 4. The predicted octanol–water partition coefficient (Wildman–Crippen LogP) is 3.36. The highest BCUT2D eigenvalue weighted by atomic mass is 19.4. The molecule has 0 bridgehead atoms. The van der Waals surface area contributed by atoms with Crippen LogP contribution in [0.3, 0.4) is 0 Å². The molecule has 1 saturated carbocycles. The van der Waals surface area contributed by atoms with Gasteiger partial charge in [0, 0.05) is 24.9 Å². The number of nitrogens with zero attached hydrogens (tertiary/aromatic N) is 2. The molecule has 0 amide bonds. The van der Waals surface area contributed by atoms with E-state index in [2.05, 4.69) is 4.98 Å². The Kier molecular flexibility index (Phi) is 5.73. The molecular weight excluding hydrogens is 443 g/mol. The van der Waals surface area contributed by atoms with Crippen molar-refractivity contribution >= 4 is 23.3 Å². The van der Waals surface area contributed by atoms with Gasteiger partial charge in [-0.2, -0.15) is 13.2 Å². The Morgan fingerprint density at radius 2 is 1.94 bits per heavy atom. The minimum absolute atomic E-state index is 0.0630. The van der Waals surface area contributed by atoms with Crippen molar-refractivity contribution in [1.29, 1.82) is 0 Å². The van der Waals surface area contributed by atoms with E-state index in [0.29, 0.717) is 25.5 Å². The van der Waals surface area contributed by atoms with Crippen LogP contribution in [0, 0.1) is 0 Å². The molecule has 11 heteroatoms. The molecule has 1 aromatic carbocycles. The Balaban J connectivity index is 2.03. The summed E-state index contributed by atoms with van der Waals surface area (Å²) >= 11 is 0. The molecule has 4 rings (SSSR count). The fraction of sp³-hybridized carbons (Fsp3) is 0.364. The van der Waals surface area contributed by atoms with E-state index in [0.717, 1.165) is 27.7 Å². The maximum atomic E-state index is 13.9. The molecule has 1 N–H and O–H groups in total. The largest absolute Gasteiger partial charge is 0.460 e. The van der Waals surface area contributed by atoms with Crippen LogP contribution in [0.5, 0.6) is 0 Å². The third-order valence-electron chi connectivity index (χ3n) is 5.79.